The van der Waals surface area contributed by atoms with Crippen LogP contribution in [0.5, 0.6) is 5.75 Å². The standard InChI is InChI=1S/C26H23NO6/c28-21-15-23(27(16-21)26(31)33-22-9-5-2-6-10-22)25(30)32-17-24(29)20-13-11-19(12-14-20)18-7-3-1-4-8-18/h1-14,21,23,28H,15-17H2/t21-,23-/m1/s1. The molecule has 3 aromatic rings. The van der Waals surface area contributed by atoms with Gasteiger partial charge in [0, 0.05) is 12.0 Å². The number of ketones is 1. The van der Waals surface area contributed by atoms with Crippen LogP contribution >= 0.6 is 0 Å². The minimum Gasteiger partial charge on any atom is -0.456 e. The van der Waals surface area contributed by atoms with Crippen LogP contribution in [0.3, 0.4) is 0 Å². The number of aliphatic hydroxyl groups excluding tert-OH is 1. The van der Waals surface area contributed by atoms with E-state index in [1.165, 1.54) is 0 Å². The van der Waals surface area contributed by atoms with Crippen molar-refractivity contribution in [3.8, 4) is 16.9 Å². The van der Waals surface area contributed by atoms with E-state index in [0.717, 1.165) is 16.0 Å². The smallest absolute Gasteiger partial charge is 0.416 e. The topological polar surface area (TPSA) is 93.1 Å². The molecule has 168 valence electrons. The average Bonchev–Trinajstić information content (AvgIpc) is 3.25. The number of aliphatic hydroxyl groups is 1. The lowest BCUT2D eigenvalue weighted by Gasteiger charge is -2.22. The maximum absolute atomic E-state index is 12.6. The molecule has 33 heavy (non-hydrogen) atoms. The van der Waals surface area contributed by atoms with Crippen molar-refractivity contribution >= 4 is 17.8 Å². The first-order chi connectivity index (χ1) is 16.0. The summed E-state index contributed by atoms with van der Waals surface area (Å²) in [6, 6.07) is 24.2. The zero-order chi connectivity index (χ0) is 23.2. The highest BCUT2D eigenvalue weighted by molar-refractivity contribution is 5.98. The molecule has 0 radical (unpaired) electrons. The molecular weight excluding hydrogens is 422 g/mol. The summed E-state index contributed by atoms with van der Waals surface area (Å²) in [7, 11) is 0. The Labute approximate surface area is 191 Å². The molecule has 0 unspecified atom stereocenters. The van der Waals surface area contributed by atoms with Crippen molar-refractivity contribution in [1.29, 1.82) is 0 Å². The molecule has 1 fully saturated rings. The number of esters is 1. The van der Waals surface area contributed by atoms with Gasteiger partial charge in [-0.2, -0.15) is 0 Å². The molecular formula is C26H23NO6. The summed E-state index contributed by atoms with van der Waals surface area (Å²) >= 11 is 0. The van der Waals surface area contributed by atoms with Crippen molar-refractivity contribution in [2.24, 2.45) is 0 Å². The lowest BCUT2D eigenvalue weighted by atomic mass is 10.0. The van der Waals surface area contributed by atoms with E-state index in [9.17, 15) is 19.5 Å². The fourth-order valence-electron chi connectivity index (χ4n) is 3.68. The summed E-state index contributed by atoms with van der Waals surface area (Å²) in [5, 5.41) is 9.99. The second-order valence-corrected chi connectivity index (χ2v) is 7.71. The third-order valence-corrected chi connectivity index (χ3v) is 5.39. The summed E-state index contributed by atoms with van der Waals surface area (Å²) in [6.07, 6.45) is -1.63. The quantitative estimate of drug-likeness (QED) is 0.459. The zero-order valence-electron chi connectivity index (χ0n) is 17.8. The molecule has 1 heterocycles. The number of Topliss-reactive ketones (excluding diaryl/α,β-unsaturated/α-hetero) is 1. The third kappa shape index (κ3) is 5.45. The van der Waals surface area contributed by atoms with Gasteiger partial charge in [-0.3, -0.25) is 9.69 Å². The van der Waals surface area contributed by atoms with Crippen molar-refractivity contribution in [3.05, 3.63) is 90.5 Å². The summed E-state index contributed by atoms with van der Waals surface area (Å²) in [5.74, 6) is -0.795. The number of rotatable bonds is 6. The Hall–Kier alpha value is -3.97. The number of hydrogen-bond donors (Lipinski definition) is 1. The van der Waals surface area contributed by atoms with Crippen molar-refractivity contribution in [3.63, 3.8) is 0 Å². The van der Waals surface area contributed by atoms with E-state index in [4.69, 9.17) is 9.47 Å². The number of nitrogens with zero attached hydrogens (tertiary/aromatic N) is 1. The molecule has 0 aliphatic carbocycles. The maximum Gasteiger partial charge on any atom is 0.416 e. The Morgan fingerprint density at radius 1 is 0.848 bits per heavy atom. The van der Waals surface area contributed by atoms with Crippen LogP contribution in [0.25, 0.3) is 11.1 Å². The van der Waals surface area contributed by atoms with Crippen molar-refractivity contribution in [2.45, 2.75) is 18.6 Å². The van der Waals surface area contributed by atoms with Gasteiger partial charge >= 0.3 is 12.1 Å². The molecule has 3 aromatic carbocycles. The lowest BCUT2D eigenvalue weighted by molar-refractivity contribution is -0.147. The summed E-state index contributed by atoms with van der Waals surface area (Å²) in [4.78, 5) is 38.7. The number of hydrogen-bond acceptors (Lipinski definition) is 6. The number of ether oxygens (including phenoxy) is 2. The van der Waals surface area contributed by atoms with Crippen LogP contribution in [0.15, 0.2) is 84.9 Å². The van der Waals surface area contributed by atoms with Crippen LogP contribution in [0.2, 0.25) is 0 Å². The van der Waals surface area contributed by atoms with Crippen LogP contribution in [0.1, 0.15) is 16.8 Å². The van der Waals surface area contributed by atoms with E-state index in [0.29, 0.717) is 11.3 Å². The molecule has 4 rings (SSSR count). The van der Waals surface area contributed by atoms with Gasteiger partial charge in [-0.25, -0.2) is 9.59 Å². The van der Waals surface area contributed by atoms with Crippen LogP contribution in [-0.2, 0) is 9.53 Å². The highest BCUT2D eigenvalue weighted by Crippen LogP contribution is 2.22. The normalized spacial score (nSPS) is 17.4. The zero-order valence-corrected chi connectivity index (χ0v) is 17.8. The molecule has 0 aromatic heterocycles. The molecule has 0 saturated carbocycles. The third-order valence-electron chi connectivity index (χ3n) is 5.39. The number of carbonyl (C=O) groups is 3. The number of β-amino-alcohol motifs (C(OH)–C–C–N with tert-alkyl or cyclic N) is 1. The fourth-order valence-corrected chi connectivity index (χ4v) is 3.68. The summed E-state index contributed by atoms with van der Waals surface area (Å²) < 4.78 is 10.5. The Morgan fingerprint density at radius 3 is 2.12 bits per heavy atom. The minimum atomic E-state index is -1.02. The van der Waals surface area contributed by atoms with Gasteiger partial charge in [-0.1, -0.05) is 72.8 Å². The van der Waals surface area contributed by atoms with E-state index in [-0.39, 0.29) is 18.7 Å². The van der Waals surface area contributed by atoms with Crippen LogP contribution in [0.4, 0.5) is 4.79 Å². The van der Waals surface area contributed by atoms with Crippen LogP contribution in [0, 0.1) is 0 Å². The number of amides is 1. The molecule has 0 spiro atoms. The predicted octanol–water partition coefficient (Wildman–Crippen LogP) is 3.71. The van der Waals surface area contributed by atoms with E-state index in [2.05, 4.69) is 0 Å². The Bertz CT molecular complexity index is 1110. The van der Waals surface area contributed by atoms with Crippen molar-refractivity contribution in [2.75, 3.05) is 13.2 Å². The van der Waals surface area contributed by atoms with Crippen LogP contribution < -0.4 is 4.74 Å². The molecule has 2 atom stereocenters. The molecule has 1 amide bonds. The highest BCUT2D eigenvalue weighted by Gasteiger charge is 2.41. The Balaban J connectivity index is 1.35. The van der Waals surface area contributed by atoms with Gasteiger partial charge in [-0.15, -0.1) is 0 Å². The van der Waals surface area contributed by atoms with Gasteiger partial charge in [-0.05, 0) is 23.3 Å². The number of para-hydroxylation sites is 1. The van der Waals surface area contributed by atoms with Crippen molar-refractivity contribution in [1.82, 2.24) is 4.90 Å². The minimum absolute atomic E-state index is 0.0166. The van der Waals surface area contributed by atoms with Gasteiger partial charge in [0.2, 0.25) is 0 Å². The van der Waals surface area contributed by atoms with Gasteiger partial charge in [0.1, 0.15) is 11.8 Å². The molecule has 7 heteroatoms. The number of likely N-dealkylation sites (tertiary alicyclic amines) is 1. The largest absolute Gasteiger partial charge is 0.456 e. The van der Waals surface area contributed by atoms with E-state index in [1.54, 1.807) is 42.5 Å². The molecule has 1 saturated heterocycles. The second kappa shape index (κ2) is 10.1. The van der Waals surface area contributed by atoms with E-state index < -0.39 is 30.8 Å². The summed E-state index contributed by atoms with van der Waals surface area (Å²) in [5.41, 5.74) is 2.41. The average molecular weight is 445 g/mol. The molecule has 1 aliphatic rings. The summed E-state index contributed by atoms with van der Waals surface area (Å²) in [6.45, 7) is -0.516. The first kappa shape index (κ1) is 22.2. The monoisotopic (exact) mass is 445 g/mol. The molecule has 7 nitrogen and oxygen atoms in total. The van der Waals surface area contributed by atoms with Gasteiger partial charge < -0.3 is 14.6 Å². The van der Waals surface area contributed by atoms with Gasteiger partial charge in [0.25, 0.3) is 0 Å². The Kier molecular flexibility index (Phi) is 6.80. The lowest BCUT2D eigenvalue weighted by Crippen LogP contribution is -2.43. The highest BCUT2D eigenvalue weighted by atomic mass is 16.6. The molecule has 1 aliphatic heterocycles. The SMILES string of the molecule is O=C(COC(=O)[C@H]1C[C@@H](O)CN1C(=O)Oc1ccccc1)c1ccc(-c2ccccc2)cc1. The fraction of sp³-hybridized carbons (Fsp3) is 0.192. The molecule has 0 bridgehead atoms. The predicted molar refractivity (Wildman–Crippen MR) is 121 cm³/mol. The van der Waals surface area contributed by atoms with Gasteiger partial charge in [0.05, 0.1) is 12.6 Å². The van der Waals surface area contributed by atoms with E-state index >= 15 is 0 Å². The first-order valence-electron chi connectivity index (χ1n) is 10.6. The number of carbonyl (C=O) groups excluding carboxylic acids is 3. The first-order valence-corrected chi connectivity index (χ1v) is 10.6. The van der Waals surface area contributed by atoms with Crippen molar-refractivity contribution < 1.29 is 29.0 Å². The van der Waals surface area contributed by atoms with Gasteiger partial charge in [0.15, 0.2) is 12.4 Å². The number of benzene rings is 3. The molecule has 1 N–H and O–H groups in total. The van der Waals surface area contributed by atoms with E-state index in [1.807, 2.05) is 42.5 Å². The van der Waals surface area contributed by atoms with Crippen LogP contribution in [-0.4, -0.2) is 53.1 Å². The second-order valence-electron chi connectivity index (χ2n) is 7.71. The maximum atomic E-state index is 12.6. The Morgan fingerprint density at radius 2 is 1.45 bits per heavy atom.